The number of methoxy groups -OCH3 is 1. The highest BCUT2D eigenvalue weighted by molar-refractivity contribution is 9.10. The first kappa shape index (κ1) is 16.3. The minimum Gasteiger partial charge on any atom is -0.496 e. The van der Waals surface area contributed by atoms with E-state index < -0.39 is 0 Å². The summed E-state index contributed by atoms with van der Waals surface area (Å²) < 4.78 is 5.91. The molecule has 0 radical (unpaired) electrons. The van der Waals surface area contributed by atoms with E-state index in [1.165, 1.54) is 0 Å². The normalized spacial score (nSPS) is 13.7. The summed E-state index contributed by atoms with van der Waals surface area (Å²) >= 11 is 9.16. The second-order valence-electron chi connectivity index (χ2n) is 4.66. The van der Waals surface area contributed by atoms with Gasteiger partial charge in [-0.05, 0) is 53.9 Å². The Labute approximate surface area is 127 Å². The van der Waals surface area contributed by atoms with Gasteiger partial charge in [0.2, 0.25) is 0 Å². The van der Waals surface area contributed by atoms with Crippen molar-refractivity contribution in [3.8, 4) is 5.75 Å². The zero-order valence-electron chi connectivity index (χ0n) is 11.4. The van der Waals surface area contributed by atoms with Gasteiger partial charge < -0.3 is 10.1 Å². The zero-order valence-corrected chi connectivity index (χ0v) is 13.8. The molecule has 0 aromatic heterocycles. The van der Waals surface area contributed by atoms with Crippen LogP contribution in [0.1, 0.15) is 37.0 Å². The average molecular weight is 349 g/mol. The number of alkyl halides is 1. The van der Waals surface area contributed by atoms with Crippen LogP contribution in [-0.2, 0) is 0 Å². The van der Waals surface area contributed by atoms with Crippen molar-refractivity contribution in [2.45, 2.75) is 32.2 Å². The van der Waals surface area contributed by atoms with E-state index in [0.717, 1.165) is 17.3 Å². The van der Waals surface area contributed by atoms with E-state index in [1.54, 1.807) is 25.3 Å². The second-order valence-corrected chi connectivity index (χ2v) is 5.89. The van der Waals surface area contributed by atoms with Crippen molar-refractivity contribution in [1.82, 2.24) is 5.32 Å². The molecule has 1 unspecified atom stereocenters. The molecule has 0 saturated heterocycles. The zero-order chi connectivity index (χ0) is 14.5. The van der Waals surface area contributed by atoms with Gasteiger partial charge in [0.05, 0.1) is 11.6 Å². The Kier molecular flexibility index (Phi) is 6.14. The fourth-order valence-corrected chi connectivity index (χ4v) is 2.65. The lowest BCUT2D eigenvalue weighted by atomic mass is 9.95. The number of ether oxygens (including phenoxy) is 1. The molecule has 0 aliphatic rings. The van der Waals surface area contributed by atoms with Gasteiger partial charge >= 0.3 is 0 Å². The summed E-state index contributed by atoms with van der Waals surface area (Å²) in [4.78, 5) is 12.2. The molecule has 1 atom stereocenters. The third kappa shape index (κ3) is 4.39. The smallest absolute Gasteiger partial charge is 0.251 e. The van der Waals surface area contributed by atoms with E-state index in [0.29, 0.717) is 17.2 Å². The lowest BCUT2D eigenvalue weighted by Crippen LogP contribution is -2.45. The number of carbonyl (C=O) groups excluding carboxylic acids is 1. The van der Waals surface area contributed by atoms with Crippen molar-refractivity contribution in [2.75, 3.05) is 13.0 Å². The maximum absolute atomic E-state index is 12.2. The molecule has 5 heteroatoms. The van der Waals surface area contributed by atoms with E-state index in [2.05, 4.69) is 21.2 Å². The third-order valence-corrected chi connectivity index (χ3v) is 4.06. The van der Waals surface area contributed by atoms with Gasteiger partial charge in [-0.25, -0.2) is 0 Å². The third-order valence-electron chi connectivity index (χ3n) is 3.26. The molecule has 0 aliphatic heterocycles. The van der Waals surface area contributed by atoms with Crippen LogP contribution in [0.4, 0.5) is 0 Å². The first-order valence-electron chi connectivity index (χ1n) is 6.17. The van der Waals surface area contributed by atoms with E-state index in [-0.39, 0.29) is 11.4 Å². The highest BCUT2D eigenvalue weighted by Gasteiger charge is 2.24. The lowest BCUT2D eigenvalue weighted by molar-refractivity contribution is 0.0901. The van der Waals surface area contributed by atoms with E-state index >= 15 is 0 Å². The monoisotopic (exact) mass is 347 g/mol. The molecule has 106 valence electrons. The Hall–Kier alpha value is -0.740. The van der Waals surface area contributed by atoms with Gasteiger partial charge in [0, 0.05) is 17.0 Å². The van der Waals surface area contributed by atoms with Crippen molar-refractivity contribution in [2.24, 2.45) is 0 Å². The van der Waals surface area contributed by atoms with Crippen LogP contribution in [-0.4, -0.2) is 24.4 Å². The summed E-state index contributed by atoms with van der Waals surface area (Å²) in [6.45, 7) is 4.04. The second kappa shape index (κ2) is 7.15. The van der Waals surface area contributed by atoms with Gasteiger partial charge in [0.15, 0.2) is 0 Å². The Morgan fingerprint density at radius 1 is 1.53 bits per heavy atom. The van der Waals surface area contributed by atoms with Crippen molar-refractivity contribution in [3.05, 3.63) is 28.2 Å². The van der Waals surface area contributed by atoms with Crippen LogP contribution in [0, 0.1) is 0 Å². The SMILES string of the molecule is CCC(C)(CCCl)NC(=O)c1ccc(OC)c(Br)c1. The molecule has 1 aromatic rings. The van der Waals surface area contributed by atoms with Crippen molar-refractivity contribution in [1.29, 1.82) is 0 Å². The van der Waals surface area contributed by atoms with Crippen LogP contribution in [0.5, 0.6) is 5.75 Å². The molecule has 1 N–H and O–H groups in total. The van der Waals surface area contributed by atoms with Crippen LogP contribution >= 0.6 is 27.5 Å². The number of nitrogens with one attached hydrogen (secondary N) is 1. The maximum atomic E-state index is 12.2. The Balaban J connectivity index is 2.86. The van der Waals surface area contributed by atoms with E-state index in [4.69, 9.17) is 16.3 Å². The summed E-state index contributed by atoms with van der Waals surface area (Å²) in [5, 5.41) is 3.04. The fraction of sp³-hybridized carbons (Fsp3) is 0.500. The molecule has 0 heterocycles. The van der Waals surface area contributed by atoms with Crippen molar-refractivity contribution < 1.29 is 9.53 Å². The molecular formula is C14H19BrClNO2. The Morgan fingerprint density at radius 2 is 2.21 bits per heavy atom. The van der Waals surface area contributed by atoms with Gasteiger partial charge in [0.1, 0.15) is 5.75 Å². The van der Waals surface area contributed by atoms with Crippen molar-refractivity contribution in [3.63, 3.8) is 0 Å². The van der Waals surface area contributed by atoms with Gasteiger partial charge in [-0.1, -0.05) is 6.92 Å². The first-order chi connectivity index (χ1) is 8.95. The number of halogens is 2. The first-order valence-corrected chi connectivity index (χ1v) is 7.50. The summed E-state index contributed by atoms with van der Waals surface area (Å²) in [6, 6.07) is 5.27. The molecule has 1 rings (SSSR count). The van der Waals surface area contributed by atoms with Crippen molar-refractivity contribution >= 4 is 33.4 Å². The number of benzene rings is 1. The predicted molar refractivity (Wildman–Crippen MR) is 82.2 cm³/mol. The van der Waals surface area contributed by atoms with Crippen LogP contribution in [0.3, 0.4) is 0 Å². The predicted octanol–water partition coefficient (Wildman–Crippen LogP) is 3.99. The molecule has 0 aliphatic carbocycles. The highest BCUT2D eigenvalue weighted by Crippen LogP contribution is 2.26. The van der Waals surface area contributed by atoms with Gasteiger partial charge in [-0.15, -0.1) is 11.6 Å². The molecule has 1 aromatic carbocycles. The van der Waals surface area contributed by atoms with Crippen LogP contribution in [0.25, 0.3) is 0 Å². The van der Waals surface area contributed by atoms with E-state index in [9.17, 15) is 4.79 Å². The summed E-state index contributed by atoms with van der Waals surface area (Å²) in [6.07, 6.45) is 1.58. The Morgan fingerprint density at radius 3 is 2.68 bits per heavy atom. The molecule has 0 saturated carbocycles. The van der Waals surface area contributed by atoms with Gasteiger partial charge in [-0.2, -0.15) is 0 Å². The number of amides is 1. The summed E-state index contributed by atoms with van der Waals surface area (Å²) in [7, 11) is 1.59. The lowest BCUT2D eigenvalue weighted by Gasteiger charge is -2.29. The number of rotatable bonds is 6. The summed E-state index contributed by atoms with van der Waals surface area (Å²) in [5.41, 5.74) is 0.326. The molecule has 1 amide bonds. The number of hydrogen-bond acceptors (Lipinski definition) is 2. The molecule has 0 fully saturated rings. The molecule has 3 nitrogen and oxygen atoms in total. The topological polar surface area (TPSA) is 38.3 Å². The van der Waals surface area contributed by atoms with Gasteiger partial charge in [-0.3, -0.25) is 4.79 Å². The largest absolute Gasteiger partial charge is 0.496 e. The van der Waals surface area contributed by atoms with Crippen LogP contribution in [0.15, 0.2) is 22.7 Å². The van der Waals surface area contributed by atoms with E-state index in [1.807, 2.05) is 13.8 Å². The standard InChI is InChI=1S/C14H19BrClNO2/c1-4-14(2,7-8-16)17-13(18)10-5-6-12(19-3)11(15)9-10/h5-6,9H,4,7-8H2,1-3H3,(H,17,18). The minimum absolute atomic E-state index is 0.0992. The minimum atomic E-state index is -0.273. The maximum Gasteiger partial charge on any atom is 0.251 e. The molecular weight excluding hydrogens is 330 g/mol. The Bertz CT molecular complexity index is 453. The number of hydrogen-bond donors (Lipinski definition) is 1. The summed E-state index contributed by atoms with van der Waals surface area (Å²) in [5.74, 6) is 1.13. The molecule has 0 bridgehead atoms. The quantitative estimate of drug-likeness (QED) is 0.790. The number of carbonyl (C=O) groups is 1. The van der Waals surface area contributed by atoms with Gasteiger partial charge in [0.25, 0.3) is 5.91 Å². The van der Waals surface area contributed by atoms with Crippen LogP contribution in [0.2, 0.25) is 0 Å². The fourth-order valence-electron chi connectivity index (χ4n) is 1.69. The molecule has 19 heavy (non-hydrogen) atoms. The highest BCUT2D eigenvalue weighted by atomic mass is 79.9. The average Bonchev–Trinajstić information content (AvgIpc) is 2.38. The molecule has 0 spiro atoms. The van der Waals surface area contributed by atoms with Crippen LogP contribution < -0.4 is 10.1 Å².